The first-order valence-electron chi connectivity index (χ1n) is 15.5. The predicted molar refractivity (Wildman–Crippen MR) is 185 cm³/mol. The lowest BCUT2D eigenvalue weighted by Crippen LogP contribution is -2.31. The average molecular weight is 765 g/mol. The summed E-state index contributed by atoms with van der Waals surface area (Å²) < 4.78 is 110. The minimum absolute atomic E-state index is 0.0125. The second-order valence-electron chi connectivity index (χ2n) is 12.0. The van der Waals surface area contributed by atoms with E-state index in [0.717, 1.165) is 41.3 Å². The van der Waals surface area contributed by atoms with Crippen LogP contribution in [0.1, 0.15) is 44.0 Å². The first-order chi connectivity index (χ1) is 22.9. The topological polar surface area (TPSA) is 124 Å². The zero-order chi connectivity index (χ0) is 35.9. The highest BCUT2D eigenvalue weighted by Gasteiger charge is 2.38. The third kappa shape index (κ3) is 8.81. The van der Waals surface area contributed by atoms with Gasteiger partial charge in [0.1, 0.15) is 5.82 Å². The second kappa shape index (κ2) is 14.3. The molecular formula is C32H36Cl2F3N4O6S2+. The molecule has 0 bridgehead atoms. The van der Waals surface area contributed by atoms with E-state index in [-0.39, 0.29) is 37.5 Å². The number of fused-ring (bicyclic) bond motifs is 2. The van der Waals surface area contributed by atoms with E-state index in [9.17, 15) is 39.1 Å². The number of rotatable bonds is 13. The van der Waals surface area contributed by atoms with Crippen molar-refractivity contribution in [2.75, 3.05) is 34.4 Å². The number of allylic oxidation sites excluding steroid dienone is 4. The summed E-state index contributed by atoms with van der Waals surface area (Å²) >= 11 is 12.4. The Morgan fingerprint density at radius 3 is 2.20 bits per heavy atom. The molecule has 17 heteroatoms. The molecule has 2 heterocycles. The monoisotopic (exact) mass is 763 g/mol. The van der Waals surface area contributed by atoms with Crippen molar-refractivity contribution in [1.29, 1.82) is 0 Å². The van der Waals surface area contributed by atoms with Crippen molar-refractivity contribution in [3.05, 3.63) is 81.4 Å². The molecule has 49 heavy (non-hydrogen) atoms. The molecule has 1 aromatic heterocycles. The standard InChI is InChI=1S/C32H35Cl2F3N4O6S2/c1-3-39-29-20-25(34)24(32(35,36)37)19-28(29)41(15-5-17-49(45,46)47)31(39)13-9-22(21-6-7-21)8-12-30-38(2)26-11-10-23(33)18-27(26)40(30)14-4-16-48(42,43)44/h8-13,18-21H,3-7,14-17H2,1-2H3,(H-,42,43,44,45,46,47)/p+1. The second-order valence-corrected chi connectivity index (χ2v) is 16.0. The fraction of sp³-hybridized carbons (Fsp3) is 0.406. The molecule has 0 amide bonds. The van der Waals surface area contributed by atoms with Gasteiger partial charge in [0.15, 0.2) is 11.0 Å². The third-order valence-electron chi connectivity index (χ3n) is 8.50. The van der Waals surface area contributed by atoms with Crippen molar-refractivity contribution in [3.8, 4) is 0 Å². The predicted octanol–water partition coefficient (Wildman–Crippen LogP) is 6.88. The number of anilines is 2. The van der Waals surface area contributed by atoms with Crippen LogP contribution in [0.5, 0.6) is 0 Å². The Morgan fingerprint density at radius 1 is 0.980 bits per heavy atom. The lowest BCUT2D eigenvalue weighted by atomic mass is 10.1. The number of benzene rings is 2. The highest BCUT2D eigenvalue weighted by atomic mass is 35.5. The summed E-state index contributed by atoms with van der Waals surface area (Å²) in [5, 5.41) is 0.0484. The van der Waals surface area contributed by atoms with Gasteiger partial charge in [0.25, 0.3) is 26.1 Å². The van der Waals surface area contributed by atoms with Crippen LogP contribution in [0.3, 0.4) is 0 Å². The molecule has 266 valence electrons. The summed E-state index contributed by atoms with van der Waals surface area (Å²) in [6.07, 6.45) is 4.80. The van der Waals surface area contributed by atoms with Gasteiger partial charge in [-0.15, -0.1) is 0 Å². The van der Waals surface area contributed by atoms with Crippen molar-refractivity contribution >= 4 is 71.9 Å². The Bertz CT molecular complexity index is 2080. The Labute approximate surface area is 293 Å². The minimum atomic E-state index is -4.71. The van der Waals surface area contributed by atoms with E-state index in [1.54, 1.807) is 28.0 Å². The molecule has 1 fully saturated rings. The Balaban J connectivity index is 1.56. The van der Waals surface area contributed by atoms with E-state index in [1.807, 2.05) is 47.4 Å². The number of aromatic nitrogens is 2. The van der Waals surface area contributed by atoms with Crippen LogP contribution in [-0.2, 0) is 40.0 Å². The van der Waals surface area contributed by atoms with E-state index in [1.165, 1.54) is 6.07 Å². The zero-order valence-electron chi connectivity index (χ0n) is 26.7. The van der Waals surface area contributed by atoms with Crippen LogP contribution >= 0.6 is 23.2 Å². The fourth-order valence-electron chi connectivity index (χ4n) is 6.10. The minimum Gasteiger partial charge on any atom is -0.326 e. The van der Waals surface area contributed by atoms with Gasteiger partial charge in [0, 0.05) is 36.7 Å². The maximum atomic E-state index is 13.9. The van der Waals surface area contributed by atoms with Gasteiger partial charge in [0.2, 0.25) is 0 Å². The number of hydrogen-bond donors (Lipinski definition) is 2. The van der Waals surface area contributed by atoms with Crippen LogP contribution in [-0.4, -0.2) is 55.1 Å². The number of nitrogens with zero attached hydrogens (tertiary/aromatic N) is 4. The molecule has 2 N–H and O–H groups in total. The lowest BCUT2D eigenvalue weighted by Gasteiger charge is -2.24. The van der Waals surface area contributed by atoms with E-state index >= 15 is 0 Å². The smallest absolute Gasteiger partial charge is 0.326 e. The first-order valence-corrected chi connectivity index (χ1v) is 19.5. The summed E-state index contributed by atoms with van der Waals surface area (Å²) in [5.41, 5.74) is 2.23. The molecule has 1 aliphatic heterocycles. The number of halogens is 5. The summed E-state index contributed by atoms with van der Waals surface area (Å²) in [7, 11) is -6.58. The number of aryl methyl sites for hydroxylation is 2. The first kappa shape index (κ1) is 37.2. The van der Waals surface area contributed by atoms with Gasteiger partial charge in [-0.1, -0.05) is 35.4 Å². The van der Waals surface area contributed by atoms with E-state index < -0.39 is 48.5 Å². The molecular weight excluding hydrogens is 728 g/mol. The molecule has 0 saturated heterocycles. The van der Waals surface area contributed by atoms with E-state index in [0.29, 0.717) is 23.1 Å². The van der Waals surface area contributed by atoms with Gasteiger partial charge in [0.05, 0.1) is 47.1 Å². The van der Waals surface area contributed by atoms with Crippen LogP contribution in [0.4, 0.5) is 24.5 Å². The summed E-state index contributed by atoms with van der Waals surface area (Å²) in [6.45, 7) is 2.51. The molecule has 3 aromatic rings. The van der Waals surface area contributed by atoms with Crippen LogP contribution in [0, 0.1) is 5.92 Å². The zero-order valence-corrected chi connectivity index (χ0v) is 29.8. The Hall–Kier alpha value is -3.08. The molecule has 0 spiro atoms. The molecule has 0 radical (unpaired) electrons. The summed E-state index contributed by atoms with van der Waals surface area (Å²) in [6, 6.07) is 7.63. The van der Waals surface area contributed by atoms with Crippen LogP contribution in [0.2, 0.25) is 10.0 Å². The molecule has 1 aliphatic carbocycles. The molecule has 5 rings (SSSR count). The fourth-order valence-corrected chi connectivity index (χ4v) is 7.52. The van der Waals surface area contributed by atoms with Crippen LogP contribution in [0.15, 0.2) is 60.0 Å². The van der Waals surface area contributed by atoms with Crippen molar-refractivity contribution < 1.29 is 43.7 Å². The third-order valence-corrected chi connectivity index (χ3v) is 10.7. The quantitative estimate of drug-likeness (QED) is 0.110. The van der Waals surface area contributed by atoms with E-state index in [4.69, 9.17) is 23.2 Å². The number of imidazole rings is 1. The van der Waals surface area contributed by atoms with Crippen LogP contribution < -0.4 is 14.4 Å². The molecule has 0 atom stereocenters. The highest BCUT2D eigenvalue weighted by Crippen LogP contribution is 2.48. The lowest BCUT2D eigenvalue weighted by molar-refractivity contribution is -0.647. The van der Waals surface area contributed by atoms with Crippen molar-refractivity contribution in [2.45, 2.75) is 45.3 Å². The molecule has 1 saturated carbocycles. The summed E-state index contributed by atoms with van der Waals surface area (Å²) in [4.78, 5) is 3.41. The van der Waals surface area contributed by atoms with Gasteiger partial charge in [-0.05, 0) is 68.0 Å². The van der Waals surface area contributed by atoms with Crippen molar-refractivity contribution in [2.24, 2.45) is 13.0 Å². The normalized spacial score (nSPS) is 16.9. The van der Waals surface area contributed by atoms with Crippen molar-refractivity contribution in [3.63, 3.8) is 0 Å². The average Bonchev–Trinajstić information content (AvgIpc) is 3.74. The molecule has 2 aliphatic rings. The number of alkyl halides is 3. The molecule has 10 nitrogen and oxygen atoms in total. The van der Waals surface area contributed by atoms with Crippen LogP contribution in [0.25, 0.3) is 17.1 Å². The van der Waals surface area contributed by atoms with Gasteiger partial charge in [-0.3, -0.25) is 9.11 Å². The van der Waals surface area contributed by atoms with Gasteiger partial charge >= 0.3 is 6.18 Å². The molecule has 0 unspecified atom stereocenters. The molecule has 2 aromatic carbocycles. The maximum absolute atomic E-state index is 13.9. The van der Waals surface area contributed by atoms with Gasteiger partial charge in [-0.2, -0.15) is 30.0 Å². The maximum Gasteiger partial charge on any atom is 0.417 e. The number of hydrogen-bond acceptors (Lipinski definition) is 6. The van der Waals surface area contributed by atoms with Gasteiger partial charge < -0.3 is 9.80 Å². The van der Waals surface area contributed by atoms with Crippen molar-refractivity contribution in [1.82, 2.24) is 4.57 Å². The Morgan fingerprint density at radius 2 is 1.61 bits per heavy atom. The summed E-state index contributed by atoms with van der Waals surface area (Å²) in [5.74, 6) is 0.520. The highest BCUT2D eigenvalue weighted by molar-refractivity contribution is 7.86. The van der Waals surface area contributed by atoms with Gasteiger partial charge in [-0.25, -0.2) is 9.13 Å². The Kier molecular flexibility index (Phi) is 10.8. The SMILES string of the molecule is CCN1\C(=C/C=C(/C=C/c2n(CCCS(=O)(=O)O)c3cc(Cl)ccc3[n+]2C)C2CC2)N(CCCS(=O)(=O)O)c2cc(C(F)(F)F)c(Cl)cc21. The van der Waals surface area contributed by atoms with E-state index in [2.05, 4.69) is 0 Å². The largest absolute Gasteiger partial charge is 0.417 e.